The van der Waals surface area contributed by atoms with E-state index in [-0.39, 0.29) is 18.8 Å². The van der Waals surface area contributed by atoms with E-state index in [2.05, 4.69) is 5.09 Å². The summed E-state index contributed by atoms with van der Waals surface area (Å²) in [5.41, 5.74) is 3.96. The number of carbonyl (C=O) groups excluding carboxylic acids is 1. The van der Waals surface area contributed by atoms with Gasteiger partial charge in [-0.05, 0) is 29.0 Å². The predicted molar refractivity (Wildman–Crippen MR) is 182 cm³/mol. The summed E-state index contributed by atoms with van der Waals surface area (Å²) in [5, 5.41) is 25.9. The minimum absolute atomic E-state index is 0.0174. The number of rotatable bonds is 13. The molecule has 0 saturated carbocycles. The molecule has 15 heteroatoms. The number of nitrogens with zero attached hydrogens (tertiary/aromatic N) is 1. The molecule has 14 nitrogen and oxygen atoms in total. The van der Waals surface area contributed by atoms with Gasteiger partial charge in [-0.2, -0.15) is 5.09 Å². The molecule has 0 spiro atoms. The Morgan fingerprint density at radius 2 is 1.60 bits per heavy atom. The van der Waals surface area contributed by atoms with Gasteiger partial charge in [-0.3, -0.25) is 29.4 Å². The maximum Gasteiger partial charge on any atom is 0.459 e. The summed E-state index contributed by atoms with van der Waals surface area (Å²) in [6, 6.07) is 30.0. The summed E-state index contributed by atoms with van der Waals surface area (Å²) in [6.45, 7) is -0.913. The first-order valence-corrected chi connectivity index (χ1v) is 17.2. The Bertz CT molecular complexity index is 2110. The second-order valence-corrected chi connectivity index (χ2v) is 13.4. The first-order chi connectivity index (χ1) is 24.0. The predicted octanol–water partition coefficient (Wildman–Crippen LogP) is 2.74. The van der Waals surface area contributed by atoms with Crippen LogP contribution < -0.4 is 26.6 Å². The molecule has 5 aromatic rings. The van der Waals surface area contributed by atoms with Gasteiger partial charge in [0, 0.05) is 17.6 Å². The number of aliphatic hydroxyl groups is 2. The van der Waals surface area contributed by atoms with Crippen LogP contribution >= 0.6 is 7.75 Å². The summed E-state index contributed by atoms with van der Waals surface area (Å²) in [5.74, 6) is -0.609. The van der Waals surface area contributed by atoms with E-state index >= 15 is 0 Å². The Morgan fingerprint density at radius 1 is 0.940 bits per heavy atom. The number of aliphatic hydroxyl groups excluding tert-OH is 2. The first-order valence-electron chi connectivity index (χ1n) is 15.6. The van der Waals surface area contributed by atoms with Gasteiger partial charge in [-0.25, -0.2) is 9.36 Å². The molecular formula is C35H35N4O10P. The van der Waals surface area contributed by atoms with Crippen molar-refractivity contribution in [1.29, 1.82) is 0 Å². The average Bonchev–Trinajstić information content (AvgIpc) is 3.34. The summed E-state index contributed by atoms with van der Waals surface area (Å²) in [6.07, 6.45) is -4.10. The van der Waals surface area contributed by atoms with E-state index in [0.29, 0.717) is 10.9 Å². The van der Waals surface area contributed by atoms with Crippen molar-refractivity contribution in [3.8, 4) is 5.75 Å². The van der Waals surface area contributed by atoms with Crippen LogP contribution in [0.25, 0.3) is 10.8 Å². The lowest BCUT2D eigenvalue weighted by Crippen LogP contribution is -2.55. The van der Waals surface area contributed by atoms with Crippen molar-refractivity contribution in [2.75, 3.05) is 6.61 Å². The van der Waals surface area contributed by atoms with Crippen LogP contribution in [0, 0.1) is 0 Å². The molecule has 6 N–H and O–H groups in total. The van der Waals surface area contributed by atoms with Crippen LogP contribution in [0.4, 0.5) is 0 Å². The Labute approximate surface area is 285 Å². The zero-order valence-corrected chi connectivity index (χ0v) is 27.4. The molecule has 2 heterocycles. The fourth-order valence-electron chi connectivity index (χ4n) is 5.51. The quantitative estimate of drug-likeness (QED) is 0.0888. The van der Waals surface area contributed by atoms with Gasteiger partial charge in [0.25, 0.3) is 5.56 Å². The van der Waals surface area contributed by atoms with E-state index in [4.69, 9.17) is 24.3 Å². The minimum Gasteiger partial charge on any atom is -0.460 e. The number of esters is 1. The van der Waals surface area contributed by atoms with Gasteiger partial charge in [0.2, 0.25) is 0 Å². The molecule has 0 aliphatic carbocycles. The van der Waals surface area contributed by atoms with Crippen molar-refractivity contribution >= 4 is 24.5 Å². The highest BCUT2D eigenvalue weighted by molar-refractivity contribution is 7.52. The number of benzene rings is 4. The van der Waals surface area contributed by atoms with E-state index in [9.17, 15) is 29.2 Å². The SMILES string of the molecule is N[C@]1(COP(=O)(N[C@@H](Cc2ccccc2)C(=O)OCc2ccccc2)Oc2cccc3ccccc23)O[C@@H](n2ccc(=O)[nH]c2=O)[C@H](O)[C@@H]1O. The Hall–Kier alpha value is -4.92. The molecule has 260 valence electrons. The summed E-state index contributed by atoms with van der Waals surface area (Å²) in [4.78, 5) is 39.7. The van der Waals surface area contributed by atoms with Gasteiger partial charge in [0.15, 0.2) is 12.0 Å². The highest BCUT2D eigenvalue weighted by atomic mass is 31.2. The molecule has 0 bridgehead atoms. The van der Waals surface area contributed by atoms with E-state index in [1.807, 2.05) is 35.3 Å². The van der Waals surface area contributed by atoms with Crippen molar-refractivity contribution in [1.82, 2.24) is 14.6 Å². The molecule has 1 fully saturated rings. The Morgan fingerprint density at radius 3 is 2.32 bits per heavy atom. The standard InChI is InChI=1S/C35H35N4O10P/c36-35(31(42)30(41)32(48-35)39-19-18-29(40)37-34(39)44)22-47-50(45,49-28-17-9-15-25-14-7-8-16-26(25)28)38-27(20-23-10-3-1-4-11-23)33(43)46-21-24-12-5-2-6-13-24/h1-19,27,30-32,41-42H,20-22,36H2,(H,38,45)(H,37,40,44)/t27-,30+,31-,32+,35+,50?/m0/s1. The van der Waals surface area contributed by atoms with Crippen molar-refractivity contribution in [2.45, 2.75) is 43.2 Å². The highest BCUT2D eigenvalue weighted by Gasteiger charge is 2.54. The summed E-state index contributed by atoms with van der Waals surface area (Å²) in [7, 11) is -4.66. The third-order valence-electron chi connectivity index (χ3n) is 8.12. The van der Waals surface area contributed by atoms with Crippen LogP contribution in [0.1, 0.15) is 17.4 Å². The van der Waals surface area contributed by atoms with Crippen molar-refractivity contribution in [3.63, 3.8) is 0 Å². The maximum atomic E-state index is 14.8. The number of hydrogen-bond acceptors (Lipinski definition) is 11. The molecule has 6 rings (SSSR count). The molecule has 4 aromatic carbocycles. The van der Waals surface area contributed by atoms with Crippen LogP contribution in [0.3, 0.4) is 0 Å². The highest BCUT2D eigenvalue weighted by Crippen LogP contribution is 2.48. The Balaban J connectivity index is 1.31. The van der Waals surface area contributed by atoms with Gasteiger partial charge in [0.1, 0.15) is 37.2 Å². The fourth-order valence-corrected chi connectivity index (χ4v) is 7.06. The lowest BCUT2D eigenvalue weighted by molar-refractivity contribution is -0.147. The molecule has 1 aromatic heterocycles. The number of fused-ring (bicyclic) bond motifs is 1. The van der Waals surface area contributed by atoms with E-state index in [1.54, 1.807) is 72.8 Å². The topological polar surface area (TPSA) is 204 Å². The van der Waals surface area contributed by atoms with Crippen molar-refractivity contribution in [3.05, 3.63) is 147 Å². The molecule has 1 unspecified atom stereocenters. The van der Waals surface area contributed by atoms with Crippen LogP contribution in [0.2, 0.25) is 0 Å². The zero-order valence-electron chi connectivity index (χ0n) is 26.5. The van der Waals surface area contributed by atoms with Crippen LogP contribution in [-0.4, -0.2) is 56.3 Å². The maximum absolute atomic E-state index is 14.8. The largest absolute Gasteiger partial charge is 0.460 e. The van der Waals surface area contributed by atoms with Crippen molar-refractivity contribution < 1.29 is 38.1 Å². The van der Waals surface area contributed by atoms with Crippen LogP contribution in [0.5, 0.6) is 5.75 Å². The number of ether oxygens (including phenoxy) is 2. The number of aromatic nitrogens is 2. The normalized spacial score (nSPS) is 22.1. The number of hydrogen-bond donors (Lipinski definition) is 5. The molecular weight excluding hydrogens is 667 g/mol. The number of H-pyrrole nitrogens is 1. The fraction of sp³-hybridized carbons (Fsp3) is 0.229. The lowest BCUT2D eigenvalue weighted by atomic mass is 10.1. The second kappa shape index (κ2) is 14.9. The number of nitrogens with two attached hydrogens (primary N) is 1. The smallest absolute Gasteiger partial charge is 0.459 e. The second-order valence-electron chi connectivity index (χ2n) is 11.7. The Kier molecular flexibility index (Phi) is 10.4. The third kappa shape index (κ3) is 7.93. The molecule has 6 atom stereocenters. The average molecular weight is 703 g/mol. The summed E-state index contributed by atoms with van der Waals surface area (Å²) < 4.78 is 38.9. The van der Waals surface area contributed by atoms with Gasteiger partial charge in [0.05, 0.1) is 0 Å². The monoisotopic (exact) mass is 702 g/mol. The third-order valence-corrected chi connectivity index (χ3v) is 9.65. The molecule has 1 aliphatic rings. The molecule has 1 saturated heterocycles. The van der Waals surface area contributed by atoms with Crippen LogP contribution in [0.15, 0.2) is 125 Å². The molecule has 0 amide bonds. The molecule has 0 radical (unpaired) electrons. The van der Waals surface area contributed by atoms with E-state index in [0.717, 1.165) is 27.8 Å². The van der Waals surface area contributed by atoms with Gasteiger partial charge in [-0.15, -0.1) is 0 Å². The van der Waals surface area contributed by atoms with Gasteiger partial charge >= 0.3 is 19.4 Å². The zero-order chi connectivity index (χ0) is 35.3. The van der Waals surface area contributed by atoms with E-state index in [1.165, 1.54) is 0 Å². The van der Waals surface area contributed by atoms with Gasteiger partial charge in [-0.1, -0.05) is 97.1 Å². The lowest BCUT2D eigenvalue weighted by Gasteiger charge is -2.30. The number of aromatic amines is 1. The van der Waals surface area contributed by atoms with Gasteiger partial charge < -0.3 is 24.2 Å². The summed E-state index contributed by atoms with van der Waals surface area (Å²) >= 11 is 0. The van der Waals surface area contributed by atoms with E-state index < -0.39 is 61.8 Å². The molecule has 1 aliphatic heterocycles. The molecule has 50 heavy (non-hydrogen) atoms. The van der Waals surface area contributed by atoms with Crippen molar-refractivity contribution in [2.24, 2.45) is 5.73 Å². The minimum atomic E-state index is -4.66. The number of carbonyl (C=O) groups is 1. The van der Waals surface area contributed by atoms with Crippen LogP contribution in [-0.2, 0) is 36.4 Å². The number of nitrogens with one attached hydrogen (secondary N) is 2. The first kappa shape index (κ1) is 34.9.